The van der Waals surface area contributed by atoms with E-state index in [4.69, 9.17) is 9.47 Å². The van der Waals surface area contributed by atoms with E-state index in [1.54, 1.807) is 6.92 Å². The summed E-state index contributed by atoms with van der Waals surface area (Å²) in [7, 11) is 0. The molecule has 5 rings (SSSR count). The smallest absolute Gasteiger partial charge is 0.330 e. The molecule has 186 valence electrons. The molecule has 3 atom stereocenters. The van der Waals surface area contributed by atoms with Crippen LogP contribution < -0.4 is 11.2 Å². The highest BCUT2D eigenvalue weighted by Gasteiger charge is 2.42. The molecule has 4 aromatic rings. The SMILES string of the molecule is Cc1cn(C2CC(C#N)C(COC(c3ccccc3)(c3ccccc3)c3ccccc3)O2)c(=O)[nH]c1=O. The van der Waals surface area contributed by atoms with Crippen molar-refractivity contribution in [3.05, 3.63) is 140 Å². The van der Waals surface area contributed by atoms with Gasteiger partial charge >= 0.3 is 5.69 Å². The Hall–Kier alpha value is -4.25. The molecular formula is C30H27N3O4. The van der Waals surface area contributed by atoms with Crippen LogP contribution in [0.15, 0.2) is 107 Å². The van der Waals surface area contributed by atoms with Crippen molar-refractivity contribution in [2.45, 2.75) is 31.3 Å². The van der Waals surface area contributed by atoms with Crippen LogP contribution >= 0.6 is 0 Å². The van der Waals surface area contributed by atoms with Crippen LogP contribution in [0.25, 0.3) is 0 Å². The monoisotopic (exact) mass is 493 g/mol. The lowest BCUT2D eigenvalue weighted by atomic mass is 9.80. The van der Waals surface area contributed by atoms with E-state index in [-0.39, 0.29) is 6.61 Å². The third-order valence-corrected chi connectivity index (χ3v) is 6.86. The van der Waals surface area contributed by atoms with Crippen molar-refractivity contribution >= 4 is 0 Å². The van der Waals surface area contributed by atoms with Gasteiger partial charge in [0.05, 0.1) is 24.7 Å². The van der Waals surface area contributed by atoms with Crippen LogP contribution in [0.1, 0.15) is 34.9 Å². The number of rotatable bonds is 7. The van der Waals surface area contributed by atoms with Crippen LogP contribution in [0.3, 0.4) is 0 Å². The molecule has 2 heterocycles. The lowest BCUT2D eigenvalue weighted by molar-refractivity contribution is -0.0816. The standard InChI is InChI=1S/C30H27N3O4/c1-21-19-33(29(35)32-28(21)34)27-17-22(18-31)26(37-27)20-36-30(23-11-5-2-6-12-23,24-13-7-3-8-14-24)25-15-9-4-10-16-25/h2-16,19,22,26-27H,17,20H2,1H3,(H,32,34,35). The number of hydrogen-bond acceptors (Lipinski definition) is 5. The normalized spacial score (nSPS) is 19.4. The highest BCUT2D eigenvalue weighted by atomic mass is 16.6. The molecule has 0 radical (unpaired) electrons. The van der Waals surface area contributed by atoms with Crippen molar-refractivity contribution in [3.63, 3.8) is 0 Å². The van der Waals surface area contributed by atoms with Crippen LogP contribution in [0.4, 0.5) is 0 Å². The van der Waals surface area contributed by atoms with Gasteiger partial charge in [-0.25, -0.2) is 4.79 Å². The third-order valence-electron chi connectivity index (χ3n) is 6.86. The first-order valence-corrected chi connectivity index (χ1v) is 12.2. The van der Waals surface area contributed by atoms with Crippen LogP contribution in [0, 0.1) is 24.2 Å². The van der Waals surface area contributed by atoms with E-state index in [2.05, 4.69) is 11.1 Å². The highest BCUT2D eigenvalue weighted by Crippen LogP contribution is 2.42. The van der Waals surface area contributed by atoms with Gasteiger partial charge < -0.3 is 9.47 Å². The number of aromatic amines is 1. The second-order valence-electron chi connectivity index (χ2n) is 9.17. The van der Waals surface area contributed by atoms with Gasteiger partial charge in [0.1, 0.15) is 11.8 Å². The van der Waals surface area contributed by atoms with Crippen molar-refractivity contribution in [1.29, 1.82) is 5.26 Å². The number of nitriles is 1. The minimum atomic E-state index is -0.948. The van der Waals surface area contributed by atoms with Crippen molar-refractivity contribution in [3.8, 4) is 6.07 Å². The zero-order chi connectivity index (χ0) is 25.8. The number of nitrogens with zero attached hydrogens (tertiary/aromatic N) is 2. The summed E-state index contributed by atoms with van der Waals surface area (Å²) in [6.07, 6.45) is 0.530. The van der Waals surface area contributed by atoms with E-state index in [1.807, 2.05) is 91.0 Å². The van der Waals surface area contributed by atoms with Crippen LogP contribution in [-0.4, -0.2) is 22.3 Å². The number of ether oxygens (including phenoxy) is 2. The van der Waals surface area contributed by atoms with Gasteiger partial charge in [-0.2, -0.15) is 5.26 Å². The number of hydrogen-bond donors (Lipinski definition) is 1. The Kier molecular flexibility index (Phi) is 6.87. The second kappa shape index (κ2) is 10.4. The van der Waals surface area contributed by atoms with Gasteiger partial charge in [0.25, 0.3) is 5.56 Å². The molecule has 0 spiro atoms. The predicted molar refractivity (Wildman–Crippen MR) is 139 cm³/mol. The summed E-state index contributed by atoms with van der Waals surface area (Å²) in [5.74, 6) is -0.496. The Labute approximate surface area is 214 Å². The molecule has 0 bridgehead atoms. The molecule has 1 aliphatic rings. The third kappa shape index (κ3) is 4.65. The van der Waals surface area contributed by atoms with Gasteiger partial charge in [-0.15, -0.1) is 0 Å². The summed E-state index contributed by atoms with van der Waals surface area (Å²) >= 11 is 0. The van der Waals surface area contributed by atoms with Crippen LogP contribution in [0.5, 0.6) is 0 Å². The number of benzene rings is 3. The molecule has 3 unspecified atom stereocenters. The Morgan fingerprint density at radius 1 is 0.946 bits per heavy atom. The second-order valence-corrected chi connectivity index (χ2v) is 9.17. The first-order valence-electron chi connectivity index (χ1n) is 12.2. The maximum absolute atomic E-state index is 12.5. The Morgan fingerprint density at radius 2 is 1.46 bits per heavy atom. The first kappa shape index (κ1) is 24.4. The summed E-state index contributed by atoms with van der Waals surface area (Å²) in [4.78, 5) is 26.6. The molecule has 1 aliphatic heterocycles. The van der Waals surface area contributed by atoms with E-state index in [1.165, 1.54) is 10.8 Å². The van der Waals surface area contributed by atoms with E-state index in [9.17, 15) is 14.9 Å². The Balaban J connectivity index is 1.53. The molecular weight excluding hydrogens is 466 g/mol. The quantitative estimate of drug-likeness (QED) is 0.388. The lowest BCUT2D eigenvalue weighted by Crippen LogP contribution is -2.37. The molecule has 0 saturated carbocycles. The first-order chi connectivity index (χ1) is 18.0. The van der Waals surface area contributed by atoms with Crippen molar-refractivity contribution < 1.29 is 9.47 Å². The van der Waals surface area contributed by atoms with Crippen molar-refractivity contribution in [1.82, 2.24) is 9.55 Å². The Bertz CT molecular complexity index is 1410. The molecule has 37 heavy (non-hydrogen) atoms. The van der Waals surface area contributed by atoms with E-state index < -0.39 is 35.1 Å². The molecule has 7 heteroatoms. The van der Waals surface area contributed by atoms with Gasteiger partial charge in [0, 0.05) is 18.2 Å². The predicted octanol–water partition coefficient (Wildman–Crippen LogP) is 4.28. The average molecular weight is 494 g/mol. The number of H-pyrrole nitrogens is 1. The molecule has 1 N–H and O–H groups in total. The summed E-state index contributed by atoms with van der Waals surface area (Å²) in [6, 6.07) is 32.3. The Morgan fingerprint density at radius 3 is 1.95 bits per heavy atom. The van der Waals surface area contributed by atoms with Gasteiger partial charge in [-0.3, -0.25) is 14.3 Å². The summed E-state index contributed by atoms with van der Waals surface area (Å²) in [5.41, 5.74) is 1.29. The molecule has 0 amide bonds. The summed E-state index contributed by atoms with van der Waals surface area (Å²) < 4.78 is 14.4. The molecule has 1 fully saturated rings. The van der Waals surface area contributed by atoms with Gasteiger partial charge in [-0.05, 0) is 23.6 Å². The highest BCUT2D eigenvalue weighted by molar-refractivity contribution is 5.47. The van der Waals surface area contributed by atoms with Crippen LogP contribution in [-0.2, 0) is 15.1 Å². The zero-order valence-electron chi connectivity index (χ0n) is 20.4. The largest absolute Gasteiger partial charge is 0.358 e. The van der Waals surface area contributed by atoms with Crippen LogP contribution in [0.2, 0.25) is 0 Å². The van der Waals surface area contributed by atoms with E-state index >= 15 is 0 Å². The molecule has 1 saturated heterocycles. The van der Waals surface area contributed by atoms with Gasteiger partial charge in [0.2, 0.25) is 0 Å². The minimum absolute atomic E-state index is 0.116. The zero-order valence-corrected chi connectivity index (χ0v) is 20.4. The summed E-state index contributed by atoms with van der Waals surface area (Å²) in [6.45, 7) is 1.74. The number of aryl methyl sites for hydroxylation is 1. The van der Waals surface area contributed by atoms with E-state index in [0.29, 0.717) is 12.0 Å². The number of aromatic nitrogens is 2. The number of nitrogens with one attached hydrogen (secondary N) is 1. The minimum Gasteiger partial charge on any atom is -0.358 e. The summed E-state index contributed by atoms with van der Waals surface area (Å²) in [5, 5.41) is 9.92. The fourth-order valence-electron chi connectivity index (χ4n) is 4.97. The van der Waals surface area contributed by atoms with Crippen molar-refractivity contribution in [2.75, 3.05) is 6.61 Å². The maximum atomic E-state index is 12.5. The fourth-order valence-corrected chi connectivity index (χ4v) is 4.97. The molecule has 1 aromatic heterocycles. The average Bonchev–Trinajstić information content (AvgIpc) is 3.36. The maximum Gasteiger partial charge on any atom is 0.330 e. The van der Waals surface area contributed by atoms with E-state index in [0.717, 1.165) is 16.7 Å². The van der Waals surface area contributed by atoms with Gasteiger partial charge in [-0.1, -0.05) is 91.0 Å². The molecule has 0 aliphatic carbocycles. The molecule has 3 aromatic carbocycles. The lowest BCUT2D eigenvalue weighted by Gasteiger charge is -2.37. The molecule has 7 nitrogen and oxygen atoms in total. The fraction of sp³-hybridized carbons (Fsp3) is 0.233. The van der Waals surface area contributed by atoms with Crippen molar-refractivity contribution in [2.24, 2.45) is 5.92 Å². The van der Waals surface area contributed by atoms with Gasteiger partial charge in [0.15, 0.2) is 0 Å². The topological polar surface area (TPSA) is 97.1 Å².